The van der Waals surface area contributed by atoms with Crippen molar-refractivity contribution in [2.24, 2.45) is 0 Å². The molecule has 1 atom stereocenters. The Kier molecular flexibility index (Phi) is 5.89. The third kappa shape index (κ3) is 4.06. The summed E-state index contributed by atoms with van der Waals surface area (Å²) in [6.07, 6.45) is -0.149. The summed E-state index contributed by atoms with van der Waals surface area (Å²) >= 11 is 0. The Morgan fingerprint density at radius 1 is 1.12 bits per heavy atom. The fourth-order valence-electron chi connectivity index (χ4n) is 3.76. The number of hydrogen-bond donors (Lipinski definition) is 2. The van der Waals surface area contributed by atoms with Gasteiger partial charge in [0.1, 0.15) is 12.6 Å². The highest BCUT2D eigenvalue weighted by Crippen LogP contribution is 2.22. The summed E-state index contributed by atoms with van der Waals surface area (Å²) in [7, 11) is -0.990. The summed E-state index contributed by atoms with van der Waals surface area (Å²) in [6, 6.07) is 8.42. The highest BCUT2D eigenvalue weighted by Gasteiger charge is 2.39. The number of amides is 3. The zero-order valence-corrected chi connectivity index (χ0v) is 18.0. The molecular weight excluding hydrogens is 438 g/mol. The lowest BCUT2D eigenvalue weighted by molar-refractivity contribution is -0.124. The van der Waals surface area contributed by atoms with Gasteiger partial charge in [-0.2, -0.15) is 0 Å². The van der Waals surface area contributed by atoms with Crippen molar-refractivity contribution in [1.29, 1.82) is 0 Å². The number of carbonyl (C=O) groups excluding carboxylic acids is 3. The number of rotatable bonds is 6. The molecule has 1 aromatic carbocycles. The van der Waals surface area contributed by atoms with Crippen molar-refractivity contribution in [2.75, 3.05) is 16.4 Å². The van der Waals surface area contributed by atoms with Gasteiger partial charge >= 0.3 is 5.69 Å². The van der Waals surface area contributed by atoms with Crippen LogP contribution >= 0.6 is 0 Å². The summed E-state index contributed by atoms with van der Waals surface area (Å²) in [5, 5.41) is 0. The number of nitrogens with zero attached hydrogens (tertiary/aromatic N) is 3. The summed E-state index contributed by atoms with van der Waals surface area (Å²) in [4.78, 5) is 63.3. The molecule has 2 aliphatic rings. The van der Waals surface area contributed by atoms with E-state index in [1.54, 1.807) is 37.3 Å². The van der Waals surface area contributed by atoms with Crippen LogP contribution in [0.2, 0.25) is 0 Å². The molecule has 2 fully saturated rings. The van der Waals surface area contributed by atoms with Crippen LogP contribution in [0.15, 0.2) is 46.0 Å². The van der Waals surface area contributed by atoms with Crippen LogP contribution in [0.3, 0.4) is 0 Å². The fraction of sp³-hybridized carbons (Fsp3) is 0.350. The van der Waals surface area contributed by atoms with Gasteiger partial charge in [0, 0.05) is 34.1 Å². The first-order chi connectivity index (χ1) is 15.3. The quantitative estimate of drug-likeness (QED) is 0.399. The molecule has 11 nitrogen and oxygen atoms in total. The molecule has 168 valence electrons. The molecule has 2 aliphatic heterocycles. The van der Waals surface area contributed by atoms with E-state index in [0.29, 0.717) is 22.9 Å². The molecular formula is C20H21N5O6S. The predicted molar refractivity (Wildman–Crippen MR) is 115 cm³/mol. The Labute approximate surface area is 184 Å². The molecule has 2 saturated heterocycles. The van der Waals surface area contributed by atoms with Gasteiger partial charge in [-0.25, -0.2) is 15.1 Å². The van der Waals surface area contributed by atoms with Crippen molar-refractivity contribution >= 4 is 34.2 Å². The van der Waals surface area contributed by atoms with Crippen LogP contribution in [0, 0.1) is 6.92 Å². The standard InChI is InChI=1S/C20H21N5O6S/c1-12-7-17(27)23(20(30)24(12)14-10-32(31)11-14)9-16(26)22-21-15-8-18(28)25(19(15)29)13-5-3-2-4-6-13/h2-7,14-15,21H,8-11H2,1H3,(H,22,26). The fourth-order valence-corrected chi connectivity index (χ4v) is 4.82. The minimum absolute atomic E-state index is 0.149. The summed E-state index contributed by atoms with van der Waals surface area (Å²) in [6.45, 7) is 1.04. The Morgan fingerprint density at radius 2 is 1.81 bits per heavy atom. The van der Waals surface area contributed by atoms with Crippen LogP contribution < -0.4 is 27.0 Å². The van der Waals surface area contributed by atoms with Crippen molar-refractivity contribution in [3.05, 3.63) is 62.9 Å². The van der Waals surface area contributed by atoms with E-state index in [4.69, 9.17) is 0 Å². The Balaban J connectivity index is 1.43. The number of para-hydroxylation sites is 1. The third-order valence-electron chi connectivity index (χ3n) is 5.39. The van der Waals surface area contributed by atoms with E-state index < -0.39 is 52.4 Å². The second-order valence-corrected chi connectivity index (χ2v) is 9.19. The van der Waals surface area contributed by atoms with E-state index in [1.807, 2.05) is 0 Å². The maximum absolute atomic E-state index is 12.8. The van der Waals surface area contributed by atoms with Crippen LogP contribution in [0.5, 0.6) is 0 Å². The maximum Gasteiger partial charge on any atom is 0.331 e. The molecule has 1 aromatic heterocycles. The number of aryl methyl sites for hydroxylation is 1. The monoisotopic (exact) mass is 459 g/mol. The number of hydrogen-bond acceptors (Lipinski definition) is 7. The van der Waals surface area contributed by atoms with E-state index in [0.717, 1.165) is 9.47 Å². The number of anilines is 1. The molecule has 2 aromatic rings. The molecule has 1 unspecified atom stereocenters. The van der Waals surface area contributed by atoms with E-state index in [2.05, 4.69) is 10.9 Å². The first-order valence-electron chi connectivity index (χ1n) is 9.90. The highest BCUT2D eigenvalue weighted by molar-refractivity contribution is 7.86. The van der Waals surface area contributed by atoms with Crippen LogP contribution in [0.4, 0.5) is 5.69 Å². The van der Waals surface area contributed by atoms with Crippen molar-refractivity contribution < 1.29 is 18.6 Å². The lowest BCUT2D eigenvalue weighted by atomic mass is 10.2. The number of hydrazine groups is 1. The van der Waals surface area contributed by atoms with Crippen molar-refractivity contribution in [1.82, 2.24) is 20.0 Å². The summed E-state index contributed by atoms with van der Waals surface area (Å²) in [5.74, 6) is -1.02. The van der Waals surface area contributed by atoms with Crippen molar-refractivity contribution in [2.45, 2.75) is 32.0 Å². The van der Waals surface area contributed by atoms with Crippen molar-refractivity contribution in [3.8, 4) is 0 Å². The molecule has 3 heterocycles. The van der Waals surface area contributed by atoms with Crippen LogP contribution in [0.25, 0.3) is 0 Å². The number of aromatic nitrogens is 2. The van der Waals surface area contributed by atoms with Crippen LogP contribution in [0.1, 0.15) is 18.2 Å². The zero-order chi connectivity index (χ0) is 23.0. The average Bonchev–Trinajstić information content (AvgIpc) is 3.02. The lowest BCUT2D eigenvalue weighted by Crippen LogP contribution is -2.52. The zero-order valence-electron chi connectivity index (χ0n) is 17.1. The van der Waals surface area contributed by atoms with Gasteiger partial charge in [-0.3, -0.25) is 37.9 Å². The van der Waals surface area contributed by atoms with Gasteiger partial charge < -0.3 is 0 Å². The normalized spacial score (nSPS) is 22.7. The molecule has 32 heavy (non-hydrogen) atoms. The van der Waals surface area contributed by atoms with Gasteiger partial charge in [0.05, 0.1) is 18.2 Å². The molecule has 4 rings (SSSR count). The van der Waals surface area contributed by atoms with Gasteiger partial charge in [0.2, 0.25) is 5.91 Å². The van der Waals surface area contributed by atoms with E-state index in [9.17, 15) is 28.2 Å². The number of nitrogens with one attached hydrogen (secondary N) is 2. The first-order valence-corrected chi connectivity index (χ1v) is 11.4. The Morgan fingerprint density at radius 3 is 2.47 bits per heavy atom. The summed E-state index contributed by atoms with van der Waals surface area (Å²) in [5.41, 5.74) is 4.40. The Hall–Kier alpha value is -3.38. The SMILES string of the molecule is Cc1cc(=O)n(CC(=O)NNC2CC(=O)N(c3ccccc3)C2=O)c(=O)n1C1CS(=O)C1. The molecule has 0 aliphatic carbocycles. The van der Waals surface area contributed by atoms with E-state index in [1.165, 1.54) is 10.6 Å². The third-order valence-corrected chi connectivity index (χ3v) is 6.90. The highest BCUT2D eigenvalue weighted by atomic mass is 32.2. The van der Waals surface area contributed by atoms with Crippen molar-refractivity contribution in [3.63, 3.8) is 0 Å². The molecule has 3 amide bonds. The summed E-state index contributed by atoms with van der Waals surface area (Å²) < 4.78 is 13.6. The van der Waals surface area contributed by atoms with Gasteiger partial charge in [0.25, 0.3) is 17.4 Å². The molecule has 0 bridgehead atoms. The average molecular weight is 459 g/mol. The molecule has 0 radical (unpaired) electrons. The van der Waals surface area contributed by atoms with Gasteiger partial charge in [-0.1, -0.05) is 18.2 Å². The number of benzene rings is 1. The minimum Gasteiger partial charge on any atom is -0.293 e. The predicted octanol–water partition coefficient (Wildman–Crippen LogP) is -1.43. The number of imide groups is 1. The van der Waals surface area contributed by atoms with Crippen LogP contribution in [-0.4, -0.2) is 48.6 Å². The number of carbonyl (C=O) groups is 3. The van der Waals surface area contributed by atoms with Gasteiger partial charge in [-0.15, -0.1) is 0 Å². The maximum atomic E-state index is 12.8. The molecule has 0 saturated carbocycles. The molecule has 0 spiro atoms. The largest absolute Gasteiger partial charge is 0.331 e. The first kappa shape index (κ1) is 21.8. The second kappa shape index (κ2) is 8.63. The van der Waals surface area contributed by atoms with Gasteiger partial charge in [0.15, 0.2) is 0 Å². The molecule has 12 heteroatoms. The Bertz CT molecular complexity index is 1230. The van der Waals surface area contributed by atoms with E-state index in [-0.39, 0.29) is 12.5 Å². The van der Waals surface area contributed by atoms with Crippen LogP contribution in [-0.2, 0) is 31.7 Å². The van der Waals surface area contributed by atoms with Gasteiger partial charge in [-0.05, 0) is 19.1 Å². The topological polar surface area (TPSA) is 140 Å². The smallest absolute Gasteiger partial charge is 0.293 e. The van der Waals surface area contributed by atoms with E-state index >= 15 is 0 Å². The minimum atomic E-state index is -0.990. The molecule has 2 N–H and O–H groups in total. The second-order valence-electron chi connectivity index (χ2n) is 7.64. The lowest BCUT2D eigenvalue weighted by Gasteiger charge is -2.28.